The van der Waals surface area contributed by atoms with Gasteiger partial charge in [0.1, 0.15) is 0 Å². The van der Waals surface area contributed by atoms with Crippen LogP contribution < -0.4 is 16.4 Å². The maximum absolute atomic E-state index is 11.7. The lowest BCUT2D eigenvalue weighted by atomic mass is 9.43. The van der Waals surface area contributed by atoms with Crippen molar-refractivity contribution >= 4 is 0 Å². The van der Waals surface area contributed by atoms with E-state index in [2.05, 4.69) is 45.3 Å². The average molecular weight is 548 g/mol. The van der Waals surface area contributed by atoms with Gasteiger partial charge in [-0.05, 0) is 162 Å². The molecule has 4 saturated carbocycles. The van der Waals surface area contributed by atoms with Gasteiger partial charge in [0.2, 0.25) is 0 Å². The van der Waals surface area contributed by atoms with E-state index in [1.807, 2.05) is 0 Å². The minimum Gasteiger partial charge on any atom is -0.393 e. The van der Waals surface area contributed by atoms with Gasteiger partial charge >= 0.3 is 0 Å². The molecule has 4 aliphatic carbocycles. The Kier molecular flexibility index (Phi) is 11.3. The molecule has 0 bridgehead atoms. The second-order valence-electron chi connectivity index (χ2n) is 15.4. The molecule has 0 aromatic carbocycles. The van der Waals surface area contributed by atoms with Crippen LogP contribution in [-0.2, 0) is 0 Å². The zero-order chi connectivity index (χ0) is 28.2. The van der Waals surface area contributed by atoms with E-state index in [1.54, 1.807) is 0 Å². The fourth-order valence-corrected chi connectivity index (χ4v) is 10.4. The Labute approximate surface area is 241 Å². The van der Waals surface area contributed by atoms with Crippen LogP contribution >= 0.6 is 0 Å². The van der Waals surface area contributed by atoms with Crippen molar-refractivity contribution in [3.05, 3.63) is 0 Å². The Morgan fingerprint density at radius 1 is 0.846 bits per heavy atom. The van der Waals surface area contributed by atoms with Gasteiger partial charge in [-0.2, -0.15) is 0 Å². The molecule has 0 amide bonds. The molecule has 228 valence electrons. The highest BCUT2D eigenvalue weighted by Gasteiger charge is 2.62. The van der Waals surface area contributed by atoms with E-state index in [0.717, 1.165) is 57.8 Å². The minimum absolute atomic E-state index is 0.119. The van der Waals surface area contributed by atoms with E-state index >= 15 is 0 Å². The number of aliphatic hydroxyl groups is 2. The molecule has 3 unspecified atom stereocenters. The number of hydrogen-bond acceptors (Lipinski definition) is 5. The monoisotopic (exact) mass is 548 g/mol. The third kappa shape index (κ3) is 6.90. The lowest BCUT2D eigenvalue weighted by Crippen LogP contribution is -2.59. The van der Waals surface area contributed by atoms with Gasteiger partial charge in [-0.15, -0.1) is 0 Å². The van der Waals surface area contributed by atoms with E-state index in [-0.39, 0.29) is 12.2 Å². The molecule has 0 aromatic heterocycles. The van der Waals surface area contributed by atoms with Crippen molar-refractivity contribution in [2.45, 2.75) is 136 Å². The van der Waals surface area contributed by atoms with Crippen LogP contribution in [0.1, 0.15) is 118 Å². The van der Waals surface area contributed by atoms with Crippen LogP contribution in [0, 0.1) is 52.3 Å². The molecule has 0 heterocycles. The van der Waals surface area contributed by atoms with Gasteiger partial charge in [-0.1, -0.05) is 34.6 Å². The van der Waals surface area contributed by atoms with Crippen molar-refractivity contribution in [1.82, 2.24) is 10.6 Å². The number of nitrogens with two attached hydrogens (primary N) is 1. The molecular formula is C34H65N3O2. The molecule has 0 aromatic rings. The Morgan fingerprint density at radius 2 is 1.56 bits per heavy atom. The third-order valence-electron chi connectivity index (χ3n) is 12.9. The van der Waals surface area contributed by atoms with E-state index in [1.165, 1.54) is 57.8 Å². The van der Waals surface area contributed by atoms with Crippen molar-refractivity contribution in [2.75, 3.05) is 26.2 Å². The number of nitrogens with one attached hydrogen (secondary N) is 2. The topological polar surface area (TPSA) is 90.5 Å². The highest BCUT2D eigenvalue weighted by molar-refractivity contribution is 5.12. The molecule has 0 spiro atoms. The molecule has 4 aliphatic rings. The summed E-state index contributed by atoms with van der Waals surface area (Å²) >= 11 is 0. The lowest BCUT2D eigenvalue weighted by molar-refractivity contribution is -0.167. The van der Waals surface area contributed by atoms with Crippen molar-refractivity contribution < 1.29 is 10.2 Å². The molecule has 4 rings (SSSR count). The van der Waals surface area contributed by atoms with Crippen LogP contribution in [0.5, 0.6) is 0 Å². The SMILES string of the molecule is CC(C)[C@H](O)CC[C@@H](C)[C@H]1CCC2C3C(CC[C@@]21C)[C@@]1(C)CC[C@H](NCCCNCCCCN)C[C@H]1C[C@@H]3O. The Hall–Kier alpha value is -0.200. The molecule has 4 fully saturated rings. The molecule has 0 aliphatic heterocycles. The van der Waals surface area contributed by atoms with Gasteiger partial charge in [0.15, 0.2) is 0 Å². The summed E-state index contributed by atoms with van der Waals surface area (Å²) in [4.78, 5) is 0. The zero-order valence-corrected chi connectivity index (χ0v) is 26.3. The number of fused-ring (bicyclic) bond motifs is 5. The van der Waals surface area contributed by atoms with Crippen molar-refractivity contribution in [3.63, 3.8) is 0 Å². The Bertz CT molecular complexity index is 748. The Morgan fingerprint density at radius 3 is 2.31 bits per heavy atom. The summed E-state index contributed by atoms with van der Waals surface area (Å²) in [6.45, 7) is 16.0. The summed E-state index contributed by atoms with van der Waals surface area (Å²) in [7, 11) is 0. The van der Waals surface area contributed by atoms with Crippen LogP contribution in [-0.4, -0.2) is 54.6 Å². The quantitative estimate of drug-likeness (QED) is 0.179. The zero-order valence-electron chi connectivity index (χ0n) is 26.3. The first-order valence-electron chi connectivity index (χ1n) is 17.1. The van der Waals surface area contributed by atoms with E-state index in [9.17, 15) is 10.2 Å². The van der Waals surface area contributed by atoms with Gasteiger partial charge < -0.3 is 26.6 Å². The van der Waals surface area contributed by atoms with Crippen molar-refractivity contribution in [3.8, 4) is 0 Å². The van der Waals surface area contributed by atoms with Crippen LogP contribution in [0.25, 0.3) is 0 Å². The maximum Gasteiger partial charge on any atom is 0.0577 e. The standard InChI is InChI=1S/C34H65N3O2/c1-23(2)30(38)12-9-24(3)27-10-11-28-32-29(14-16-34(27,28)5)33(4)15-13-26(21-25(33)22-31(32)39)37-20-8-19-36-18-7-6-17-35/h23-32,36-39H,6-22,35H2,1-5H3/t24-,25+,26+,27-,28?,29?,30-,31+,32?,33+,34-/m1/s1. The van der Waals surface area contributed by atoms with Gasteiger partial charge in [-0.3, -0.25) is 0 Å². The Balaban J connectivity index is 1.30. The molecule has 0 saturated heterocycles. The normalized spacial score (nSPS) is 41.6. The predicted molar refractivity (Wildman–Crippen MR) is 163 cm³/mol. The summed E-state index contributed by atoms with van der Waals surface area (Å²) in [5.74, 6) is 4.29. The summed E-state index contributed by atoms with van der Waals surface area (Å²) in [6.07, 6.45) is 15.5. The summed E-state index contributed by atoms with van der Waals surface area (Å²) < 4.78 is 0. The molecule has 5 heteroatoms. The molecule has 11 atom stereocenters. The molecule has 0 radical (unpaired) electrons. The number of hydrogen-bond donors (Lipinski definition) is 5. The van der Waals surface area contributed by atoms with Crippen LogP contribution in [0.15, 0.2) is 0 Å². The molecule has 5 nitrogen and oxygen atoms in total. The summed E-state index contributed by atoms with van der Waals surface area (Å²) in [5.41, 5.74) is 6.35. The highest BCUT2D eigenvalue weighted by Crippen LogP contribution is 2.68. The molecule has 6 N–H and O–H groups in total. The van der Waals surface area contributed by atoms with Crippen LogP contribution in [0.4, 0.5) is 0 Å². The first-order chi connectivity index (χ1) is 18.6. The minimum atomic E-state index is -0.169. The van der Waals surface area contributed by atoms with Crippen LogP contribution in [0.3, 0.4) is 0 Å². The predicted octanol–water partition coefficient (Wildman–Crippen LogP) is 5.73. The van der Waals surface area contributed by atoms with E-state index < -0.39 is 0 Å². The highest BCUT2D eigenvalue weighted by atomic mass is 16.3. The smallest absolute Gasteiger partial charge is 0.0577 e. The van der Waals surface area contributed by atoms with Gasteiger partial charge in [-0.25, -0.2) is 0 Å². The number of rotatable bonds is 14. The average Bonchev–Trinajstić information content (AvgIpc) is 3.26. The maximum atomic E-state index is 11.7. The lowest BCUT2D eigenvalue weighted by Gasteiger charge is -2.62. The summed E-state index contributed by atoms with van der Waals surface area (Å²) in [5, 5.41) is 29.6. The van der Waals surface area contributed by atoms with Crippen molar-refractivity contribution in [1.29, 1.82) is 0 Å². The van der Waals surface area contributed by atoms with E-state index in [4.69, 9.17) is 5.73 Å². The second kappa shape index (κ2) is 13.8. The van der Waals surface area contributed by atoms with Gasteiger partial charge in [0.05, 0.1) is 12.2 Å². The first-order valence-corrected chi connectivity index (χ1v) is 17.1. The van der Waals surface area contributed by atoms with Gasteiger partial charge in [0, 0.05) is 6.04 Å². The largest absolute Gasteiger partial charge is 0.393 e. The van der Waals surface area contributed by atoms with Gasteiger partial charge in [0.25, 0.3) is 0 Å². The molecular weight excluding hydrogens is 482 g/mol. The summed E-state index contributed by atoms with van der Waals surface area (Å²) in [6, 6.07) is 0.621. The fourth-order valence-electron chi connectivity index (χ4n) is 10.4. The first kappa shape index (κ1) is 31.7. The second-order valence-corrected chi connectivity index (χ2v) is 15.4. The van der Waals surface area contributed by atoms with Crippen molar-refractivity contribution in [2.24, 2.45) is 58.0 Å². The van der Waals surface area contributed by atoms with Crippen LogP contribution in [0.2, 0.25) is 0 Å². The number of unbranched alkanes of at least 4 members (excludes halogenated alkanes) is 1. The van der Waals surface area contributed by atoms with E-state index in [0.29, 0.717) is 52.4 Å². The third-order valence-corrected chi connectivity index (χ3v) is 12.9. The number of aliphatic hydroxyl groups excluding tert-OH is 2. The fraction of sp³-hybridized carbons (Fsp3) is 1.00. The molecule has 39 heavy (non-hydrogen) atoms.